The molecule has 5 nitrogen and oxygen atoms in total. The number of furan rings is 1. The van der Waals surface area contributed by atoms with Crippen molar-refractivity contribution < 1.29 is 14.3 Å². The first kappa shape index (κ1) is 14.7. The van der Waals surface area contributed by atoms with E-state index in [1.165, 1.54) is 0 Å². The van der Waals surface area contributed by atoms with Crippen LogP contribution in [-0.4, -0.2) is 42.6 Å². The van der Waals surface area contributed by atoms with E-state index in [1.807, 2.05) is 21.0 Å². The molecule has 0 bridgehead atoms. The lowest BCUT2D eigenvalue weighted by Gasteiger charge is -2.24. The Hall–Kier alpha value is -1.33. The van der Waals surface area contributed by atoms with Gasteiger partial charge < -0.3 is 14.8 Å². The van der Waals surface area contributed by atoms with E-state index in [4.69, 9.17) is 4.42 Å². The van der Waals surface area contributed by atoms with Crippen LogP contribution in [-0.2, 0) is 10.4 Å². The normalized spacial score (nSPS) is 16.4. The lowest BCUT2D eigenvalue weighted by Crippen LogP contribution is -2.46. The van der Waals surface area contributed by atoms with Gasteiger partial charge in [0.1, 0.15) is 17.1 Å². The Labute approximate surface area is 108 Å². The Morgan fingerprint density at radius 3 is 2.61 bits per heavy atom. The van der Waals surface area contributed by atoms with Crippen LogP contribution in [0.4, 0.5) is 0 Å². The minimum atomic E-state index is -1.20. The highest BCUT2D eigenvalue weighted by atomic mass is 16.4. The van der Waals surface area contributed by atoms with Crippen molar-refractivity contribution >= 4 is 5.91 Å². The molecule has 0 saturated heterocycles. The molecule has 0 aromatic carbocycles. The molecule has 0 spiro atoms. The lowest BCUT2D eigenvalue weighted by atomic mass is 10.0. The molecule has 2 N–H and O–H groups in total. The molecule has 1 aromatic heterocycles. The number of aryl methyl sites for hydroxylation is 1. The number of hydrogen-bond acceptors (Lipinski definition) is 4. The third kappa shape index (κ3) is 3.58. The third-order valence-corrected chi connectivity index (χ3v) is 3.03. The number of hydrogen-bond donors (Lipinski definition) is 2. The summed E-state index contributed by atoms with van der Waals surface area (Å²) in [6.07, 6.45) is 0. The van der Waals surface area contributed by atoms with Crippen molar-refractivity contribution in [2.45, 2.75) is 32.4 Å². The van der Waals surface area contributed by atoms with Crippen LogP contribution in [0.15, 0.2) is 16.5 Å². The fourth-order valence-corrected chi connectivity index (χ4v) is 1.45. The highest BCUT2D eigenvalue weighted by Crippen LogP contribution is 2.21. The molecule has 0 aliphatic rings. The van der Waals surface area contributed by atoms with E-state index in [0.717, 1.165) is 5.76 Å². The first-order chi connectivity index (χ1) is 8.24. The molecule has 2 atom stereocenters. The quantitative estimate of drug-likeness (QED) is 0.818. The molecule has 102 valence electrons. The number of nitrogens with zero attached hydrogens (tertiary/aromatic N) is 1. The second-order valence-corrected chi connectivity index (χ2v) is 5.04. The average Bonchev–Trinajstić information content (AvgIpc) is 2.72. The number of amides is 1. The van der Waals surface area contributed by atoms with Crippen molar-refractivity contribution in [1.82, 2.24) is 10.2 Å². The van der Waals surface area contributed by atoms with Gasteiger partial charge in [0.15, 0.2) is 0 Å². The van der Waals surface area contributed by atoms with Crippen LogP contribution in [0.2, 0.25) is 0 Å². The van der Waals surface area contributed by atoms with E-state index >= 15 is 0 Å². The van der Waals surface area contributed by atoms with Crippen LogP contribution in [0, 0.1) is 6.92 Å². The van der Waals surface area contributed by atoms with Crippen molar-refractivity contribution in [1.29, 1.82) is 0 Å². The number of likely N-dealkylation sites (N-methyl/N-ethyl adjacent to an activating group) is 1. The van der Waals surface area contributed by atoms with Crippen molar-refractivity contribution in [2.75, 3.05) is 20.6 Å². The topological polar surface area (TPSA) is 65.7 Å². The summed E-state index contributed by atoms with van der Waals surface area (Å²) in [6, 6.07) is 3.27. The smallest absolute Gasteiger partial charge is 0.237 e. The maximum absolute atomic E-state index is 11.8. The molecule has 1 amide bonds. The molecule has 0 radical (unpaired) electrons. The van der Waals surface area contributed by atoms with Crippen LogP contribution in [0.5, 0.6) is 0 Å². The van der Waals surface area contributed by atoms with E-state index < -0.39 is 5.60 Å². The van der Waals surface area contributed by atoms with Crippen LogP contribution in [0.25, 0.3) is 0 Å². The highest BCUT2D eigenvalue weighted by Gasteiger charge is 2.28. The molecule has 1 unspecified atom stereocenters. The van der Waals surface area contributed by atoms with Crippen molar-refractivity contribution in [2.24, 2.45) is 0 Å². The molecule has 18 heavy (non-hydrogen) atoms. The molecule has 0 fully saturated rings. The van der Waals surface area contributed by atoms with Crippen molar-refractivity contribution in [3.63, 3.8) is 0 Å². The van der Waals surface area contributed by atoms with Gasteiger partial charge in [-0.25, -0.2) is 0 Å². The van der Waals surface area contributed by atoms with Crippen LogP contribution in [0.3, 0.4) is 0 Å². The summed E-state index contributed by atoms with van der Waals surface area (Å²) >= 11 is 0. The zero-order chi connectivity index (χ0) is 13.9. The minimum Gasteiger partial charge on any atom is -0.463 e. The van der Waals surface area contributed by atoms with Gasteiger partial charge in [0.2, 0.25) is 5.91 Å². The monoisotopic (exact) mass is 254 g/mol. The number of nitrogens with one attached hydrogen (secondary N) is 1. The van der Waals surface area contributed by atoms with E-state index in [0.29, 0.717) is 5.76 Å². The van der Waals surface area contributed by atoms with Crippen molar-refractivity contribution in [3.05, 3.63) is 23.7 Å². The minimum absolute atomic E-state index is 0.122. The van der Waals surface area contributed by atoms with Crippen molar-refractivity contribution in [3.8, 4) is 0 Å². The van der Waals surface area contributed by atoms with Gasteiger partial charge in [-0.1, -0.05) is 0 Å². The zero-order valence-electron chi connectivity index (χ0n) is 11.7. The summed E-state index contributed by atoms with van der Waals surface area (Å²) in [7, 11) is 3.66. The van der Waals surface area contributed by atoms with E-state index in [-0.39, 0.29) is 18.5 Å². The van der Waals surface area contributed by atoms with E-state index in [1.54, 1.807) is 30.9 Å². The molecule has 5 heteroatoms. The third-order valence-electron chi connectivity index (χ3n) is 3.03. The maximum atomic E-state index is 11.8. The predicted molar refractivity (Wildman–Crippen MR) is 69.2 cm³/mol. The Bertz CT molecular complexity index is 410. The molecular weight excluding hydrogens is 232 g/mol. The van der Waals surface area contributed by atoms with Gasteiger partial charge in [-0.2, -0.15) is 0 Å². The van der Waals surface area contributed by atoms with Gasteiger partial charge in [-0.3, -0.25) is 9.69 Å². The number of carbonyl (C=O) groups is 1. The van der Waals surface area contributed by atoms with Gasteiger partial charge in [0.05, 0.1) is 12.6 Å². The Balaban J connectivity index is 2.60. The summed E-state index contributed by atoms with van der Waals surface area (Å²) in [6.45, 7) is 5.36. The first-order valence-corrected chi connectivity index (χ1v) is 5.97. The molecule has 0 aliphatic heterocycles. The number of carbonyl (C=O) groups excluding carboxylic acids is 1. The summed E-state index contributed by atoms with van der Waals surface area (Å²) in [5.41, 5.74) is -1.20. The largest absolute Gasteiger partial charge is 0.463 e. The van der Waals surface area contributed by atoms with Crippen LogP contribution >= 0.6 is 0 Å². The Morgan fingerprint density at radius 2 is 2.17 bits per heavy atom. The SMILES string of the molecule is Cc1ccc(C(C)(O)CNC(=O)[C@H](C)N(C)C)o1. The van der Waals surface area contributed by atoms with Gasteiger partial charge in [0.25, 0.3) is 0 Å². The Morgan fingerprint density at radius 1 is 1.56 bits per heavy atom. The van der Waals surface area contributed by atoms with Gasteiger partial charge in [0, 0.05) is 0 Å². The average molecular weight is 254 g/mol. The van der Waals surface area contributed by atoms with E-state index in [2.05, 4.69) is 5.32 Å². The second-order valence-electron chi connectivity index (χ2n) is 5.04. The summed E-state index contributed by atoms with van der Waals surface area (Å²) < 4.78 is 5.38. The van der Waals surface area contributed by atoms with Crippen LogP contribution < -0.4 is 5.32 Å². The molecule has 1 heterocycles. The zero-order valence-corrected chi connectivity index (χ0v) is 11.7. The number of aliphatic hydroxyl groups is 1. The summed E-state index contributed by atoms with van der Waals surface area (Å²) in [5.74, 6) is 1.07. The highest BCUT2D eigenvalue weighted by molar-refractivity contribution is 5.81. The molecule has 1 aromatic rings. The van der Waals surface area contributed by atoms with E-state index in [9.17, 15) is 9.90 Å². The first-order valence-electron chi connectivity index (χ1n) is 5.97. The summed E-state index contributed by atoms with van der Waals surface area (Å²) in [5, 5.41) is 13.0. The maximum Gasteiger partial charge on any atom is 0.237 e. The molecular formula is C13H22N2O3. The van der Waals surface area contributed by atoms with Gasteiger partial charge >= 0.3 is 0 Å². The molecule has 1 rings (SSSR count). The van der Waals surface area contributed by atoms with Gasteiger partial charge in [-0.15, -0.1) is 0 Å². The second kappa shape index (κ2) is 5.54. The lowest BCUT2D eigenvalue weighted by molar-refractivity contribution is -0.126. The van der Waals surface area contributed by atoms with Crippen LogP contribution in [0.1, 0.15) is 25.4 Å². The number of rotatable bonds is 5. The predicted octanol–water partition coefficient (Wildman–Crippen LogP) is 0.862. The fourth-order valence-electron chi connectivity index (χ4n) is 1.45. The standard InChI is InChI=1S/C13H22N2O3/c1-9-6-7-11(18-9)13(3,17)8-14-12(16)10(2)15(4)5/h6-7,10,17H,8H2,1-5H3,(H,14,16)/t10-,13?/m0/s1. The summed E-state index contributed by atoms with van der Waals surface area (Å²) in [4.78, 5) is 13.6. The molecule has 0 saturated carbocycles. The molecule has 0 aliphatic carbocycles. The fraction of sp³-hybridized carbons (Fsp3) is 0.615. The Kier molecular flexibility index (Phi) is 4.53. The van der Waals surface area contributed by atoms with Gasteiger partial charge in [-0.05, 0) is 47.0 Å².